The quantitative estimate of drug-likeness (QED) is 0.800. The number of aromatic nitrogens is 2. The highest BCUT2D eigenvalue weighted by Crippen LogP contribution is 2.33. The van der Waals surface area contributed by atoms with Gasteiger partial charge < -0.3 is 9.84 Å². The van der Waals surface area contributed by atoms with E-state index in [2.05, 4.69) is 20.9 Å². The third-order valence-corrected chi connectivity index (χ3v) is 3.16. The Hall–Kier alpha value is -0.990. The normalized spacial score (nSPS) is 28.5. The van der Waals surface area contributed by atoms with Gasteiger partial charge in [0.25, 0.3) is 5.56 Å². The first-order valence-electron chi connectivity index (χ1n) is 4.87. The molecule has 0 bridgehead atoms. The van der Waals surface area contributed by atoms with Crippen molar-refractivity contribution in [2.24, 2.45) is 0 Å². The molecule has 0 aliphatic carbocycles. The fourth-order valence-corrected chi connectivity index (χ4v) is 1.96. The van der Waals surface area contributed by atoms with Crippen LogP contribution in [0.4, 0.5) is 4.39 Å². The molecule has 0 unspecified atom stereocenters. The van der Waals surface area contributed by atoms with Crippen molar-refractivity contribution >= 4 is 15.9 Å². The number of H-pyrrole nitrogens is 1. The minimum Gasteiger partial charge on any atom is -0.393 e. The Morgan fingerprint density at radius 3 is 3.00 bits per heavy atom. The molecule has 17 heavy (non-hydrogen) atoms. The average Bonchev–Trinajstić information content (AvgIpc) is 2.67. The van der Waals surface area contributed by atoms with Gasteiger partial charge in [-0.15, -0.1) is 0 Å². The summed E-state index contributed by atoms with van der Waals surface area (Å²) in [7, 11) is 0. The van der Waals surface area contributed by atoms with Crippen molar-refractivity contribution in [1.29, 1.82) is 0 Å². The molecule has 1 aliphatic rings. The minimum absolute atomic E-state index is 0.137. The van der Waals surface area contributed by atoms with E-state index in [1.54, 1.807) is 0 Å². The molecule has 0 amide bonds. The lowest BCUT2D eigenvalue weighted by Gasteiger charge is -2.14. The van der Waals surface area contributed by atoms with Crippen molar-refractivity contribution in [2.45, 2.75) is 18.3 Å². The first-order valence-corrected chi connectivity index (χ1v) is 5.67. The zero-order chi connectivity index (χ0) is 12.6. The Morgan fingerprint density at radius 1 is 1.71 bits per heavy atom. The van der Waals surface area contributed by atoms with E-state index in [1.165, 1.54) is 6.20 Å². The maximum Gasteiger partial charge on any atom is 0.330 e. The average molecular weight is 309 g/mol. The van der Waals surface area contributed by atoms with E-state index in [-0.39, 0.29) is 17.5 Å². The number of aliphatic hydroxyl groups excluding tert-OH is 1. The molecular formula is C9H10BrFN2O4. The Bertz CT molecular complexity index is 543. The summed E-state index contributed by atoms with van der Waals surface area (Å²) in [6, 6.07) is 0. The van der Waals surface area contributed by atoms with E-state index >= 15 is 0 Å². The Balaban J connectivity index is 2.34. The maximum absolute atomic E-state index is 13.7. The number of hydrogen-bond donors (Lipinski definition) is 2. The number of aliphatic hydroxyl groups is 1. The molecule has 2 atom stereocenters. The van der Waals surface area contributed by atoms with Gasteiger partial charge in [0.2, 0.25) is 0 Å². The molecule has 2 rings (SSSR count). The lowest BCUT2D eigenvalue weighted by atomic mass is 10.1. The van der Waals surface area contributed by atoms with Crippen LogP contribution in [0.3, 0.4) is 0 Å². The molecule has 1 aliphatic heterocycles. The van der Waals surface area contributed by atoms with Crippen molar-refractivity contribution < 1.29 is 14.2 Å². The molecule has 1 aromatic heterocycles. The molecule has 94 valence electrons. The third-order valence-electron chi connectivity index (χ3n) is 2.59. The van der Waals surface area contributed by atoms with Crippen molar-refractivity contribution in [3.63, 3.8) is 0 Å². The maximum atomic E-state index is 13.7. The van der Waals surface area contributed by atoms with Crippen molar-refractivity contribution in [2.75, 3.05) is 13.2 Å². The van der Waals surface area contributed by atoms with Gasteiger partial charge in [0.15, 0.2) is 5.67 Å². The SMILES string of the molecule is O=c1[nH]c(=O)n([C@H]2C[C@@](F)(CO)CO2)cc1Br. The van der Waals surface area contributed by atoms with Crippen LogP contribution in [0.15, 0.2) is 20.3 Å². The number of halogens is 2. The highest BCUT2D eigenvalue weighted by molar-refractivity contribution is 9.10. The fraction of sp³-hybridized carbons (Fsp3) is 0.556. The van der Waals surface area contributed by atoms with Gasteiger partial charge in [-0.05, 0) is 15.9 Å². The van der Waals surface area contributed by atoms with E-state index in [1.807, 2.05) is 0 Å². The van der Waals surface area contributed by atoms with Gasteiger partial charge in [0.1, 0.15) is 6.23 Å². The molecule has 2 N–H and O–H groups in total. The highest BCUT2D eigenvalue weighted by Gasteiger charge is 2.41. The topological polar surface area (TPSA) is 84.3 Å². The smallest absolute Gasteiger partial charge is 0.330 e. The predicted molar refractivity (Wildman–Crippen MR) is 59.6 cm³/mol. The molecule has 0 aromatic carbocycles. The first kappa shape index (κ1) is 12.5. The lowest BCUT2D eigenvalue weighted by molar-refractivity contribution is 0.0272. The summed E-state index contributed by atoms with van der Waals surface area (Å²) in [5.41, 5.74) is -3.07. The second-order valence-corrected chi connectivity index (χ2v) is 4.78. The summed E-state index contributed by atoms with van der Waals surface area (Å²) >= 11 is 2.97. The lowest BCUT2D eigenvalue weighted by Crippen LogP contribution is -2.33. The zero-order valence-electron chi connectivity index (χ0n) is 8.65. The van der Waals surface area contributed by atoms with Gasteiger partial charge in [-0.3, -0.25) is 14.3 Å². The molecule has 6 nitrogen and oxygen atoms in total. The summed E-state index contributed by atoms with van der Waals surface area (Å²) in [5, 5.41) is 8.85. The molecule has 1 aromatic rings. The summed E-state index contributed by atoms with van der Waals surface area (Å²) < 4.78 is 20.1. The number of nitrogens with one attached hydrogen (secondary N) is 1. The van der Waals surface area contributed by atoms with Gasteiger partial charge in [0.05, 0.1) is 17.7 Å². The molecule has 1 fully saturated rings. The zero-order valence-corrected chi connectivity index (χ0v) is 10.2. The molecular weight excluding hydrogens is 299 g/mol. The first-order chi connectivity index (χ1) is 7.95. The summed E-state index contributed by atoms with van der Waals surface area (Å²) in [4.78, 5) is 24.7. The van der Waals surface area contributed by atoms with Crippen molar-refractivity contribution in [3.05, 3.63) is 31.5 Å². The number of rotatable bonds is 2. The number of hydrogen-bond acceptors (Lipinski definition) is 4. The number of ether oxygens (including phenoxy) is 1. The highest BCUT2D eigenvalue weighted by atomic mass is 79.9. The number of nitrogens with zero attached hydrogens (tertiary/aromatic N) is 1. The number of aromatic amines is 1. The summed E-state index contributed by atoms with van der Waals surface area (Å²) in [6.45, 7) is -0.944. The van der Waals surface area contributed by atoms with Crippen LogP contribution in [0.5, 0.6) is 0 Å². The monoisotopic (exact) mass is 308 g/mol. The minimum atomic E-state index is -1.84. The molecule has 8 heteroatoms. The van der Waals surface area contributed by atoms with E-state index < -0.39 is 29.8 Å². The fourth-order valence-electron chi connectivity index (χ4n) is 1.64. The second-order valence-electron chi connectivity index (χ2n) is 3.92. The van der Waals surface area contributed by atoms with Gasteiger partial charge in [-0.1, -0.05) is 0 Å². The second kappa shape index (κ2) is 4.35. The molecule has 0 radical (unpaired) electrons. The van der Waals surface area contributed by atoms with Crippen LogP contribution in [-0.4, -0.2) is 33.5 Å². The van der Waals surface area contributed by atoms with Crippen LogP contribution in [0.1, 0.15) is 12.6 Å². The molecule has 2 heterocycles. The summed E-state index contributed by atoms with van der Waals surface area (Å²) in [6.07, 6.45) is 0.282. The van der Waals surface area contributed by atoms with Gasteiger partial charge in [0, 0.05) is 12.6 Å². The number of alkyl halides is 1. The van der Waals surface area contributed by atoms with E-state index in [0.29, 0.717) is 0 Å². The van der Waals surface area contributed by atoms with E-state index in [4.69, 9.17) is 9.84 Å². The van der Waals surface area contributed by atoms with Crippen LogP contribution in [0, 0.1) is 0 Å². The third kappa shape index (κ3) is 2.33. The van der Waals surface area contributed by atoms with Gasteiger partial charge in [-0.2, -0.15) is 0 Å². The Kier molecular flexibility index (Phi) is 3.19. The van der Waals surface area contributed by atoms with Crippen LogP contribution < -0.4 is 11.2 Å². The van der Waals surface area contributed by atoms with Crippen LogP contribution in [0.2, 0.25) is 0 Å². The van der Waals surface area contributed by atoms with Gasteiger partial charge >= 0.3 is 5.69 Å². The van der Waals surface area contributed by atoms with Crippen molar-refractivity contribution in [3.8, 4) is 0 Å². The van der Waals surface area contributed by atoms with E-state index in [0.717, 1.165) is 4.57 Å². The van der Waals surface area contributed by atoms with Gasteiger partial charge in [-0.25, -0.2) is 9.18 Å². The Labute approximate surface area is 103 Å². The van der Waals surface area contributed by atoms with Crippen LogP contribution in [-0.2, 0) is 4.74 Å². The molecule has 0 spiro atoms. The summed E-state index contributed by atoms with van der Waals surface area (Å²) in [5.74, 6) is 0. The molecule has 0 saturated carbocycles. The predicted octanol–water partition coefficient (Wildman–Crippen LogP) is -0.0814. The van der Waals surface area contributed by atoms with Crippen molar-refractivity contribution in [1.82, 2.24) is 9.55 Å². The Morgan fingerprint density at radius 2 is 2.41 bits per heavy atom. The van der Waals surface area contributed by atoms with Crippen LogP contribution >= 0.6 is 15.9 Å². The van der Waals surface area contributed by atoms with Crippen LogP contribution in [0.25, 0.3) is 0 Å². The standard InChI is InChI=1S/C9H10BrFN2O4/c10-5-2-13(8(16)12-7(5)15)6-1-9(11,3-14)4-17-6/h2,6,14H,1,3-4H2,(H,12,15,16)/t6-,9-/m1/s1. The van der Waals surface area contributed by atoms with E-state index in [9.17, 15) is 14.0 Å². The molecule has 1 saturated heterocycles. The largest absolute Gasteiger partial charge is 0.393 e.